The van der Waals surface area contributed by atoms with Crippen LogP contribution in [0.25, 0.3) is 11.0 Å². The maximum atomic E-state index is 12.2. The molecule has 0 saturated heterocycles. The Kier molecular flexibility index (Phi) is 4.94. The molecule has 2 rings (SSSR count). The first-order valence-corrected chi connectivity index (χ1v) is 8.68. The van der Waals surface area contributed by atoms with Crippen molar-refractivity contribution in [1.29, 1.82) is 0 Å². The standard InChI is InChI=1S/C17H24IN3O2/c1-16(2,3)13(21-15(22)23-17(4,5)6)14-19-11-8-7-10(18)9-12(11)20-14/h7-9,13H,1-6H3,(H,19,20)(H,21,22). The number of ether oxygens (including phenoxy) is 1. The van der Waals surface area contributed by atoms with E-state index in [-0.39, 0.29) is 11.5 Å². The number of carbonyl (C=O) groups is 1. The molecule has 0 spiro atoms. The van der Waals surface area contributed by atoms with Crippen molar-refractivity contribution in [2.24, 2.45) is 5.41 Å². The average Bonchev–Trinajstić information content (AvgIpc) is 2.74. The Bertz CT molecular complexity index is 711. The summed E-state index contributed by atoms with van der Waals surface area (Å²) in [4.78, 5) is 20.1. The van der Waals surface area contributed by atoms with Crippen molar-refractivity contribution in [3.05, 3.63) is 27.6 Å². The highest BCUT2D eigenvalue weighted by atomic mass is 127. The maximum absolute atomic E-state index is 12.2. The average molecular weight is 429 g/mol. The normalized spacial score (nSPS) is 13.9. The van der Waals surface area contributed by atoms with Gasteiger partial charge in [-0.25, -0.2) is 9.78 Å². The van der Waals surface area contributed by atoms with Gasteiger partial charge in [0.15, 0.2) is 0 Å². The first kappa shape index (κ1) is 18.0. The molecule has 0 aliphatic heterocycles. The second kappa shape index (κ2) is 6.30. The summed E-state index contributed by atoms with van der Waals surface area (Å²) >= 11 is 2.27. The number of amides is 1. The number of alkyl carbamates (subject to hydrolysis) is 1. The number of nitrogens with zero attached hydrogens (tertiary/aromatic N) is 1. The van der Waals surface area contributed by atoms with Gasteiger partial charge in [-0.15, -0.1) is 0 Å². The van der Waals surface area contributed by atoms with Crippen LogP contribution in [0.2, 0.25) is 0 Å². The van der Waals surface area contributed by atoms with Gasteiger partial charge in [-0.1, -0.05) is 20.8 Å². The van der Waals surface area contributed by atoms with Crippen LogP contribution in [0.1, 0.15) is 53.4 Å². The summed E-state index contributed by atoms with van der Waals surface area (Å²) in [6.07, 6.45) is -0.438. The van der Waals surface area contributed by atoms with Crippen molar-refractivity contribution in [2.45, 2.75) is 53.2 Å². The van der Waals surface area contributed by atoms with Crippen LogP contribution in [-0.4, -0.2) is 21.7 Å². The van der Waals surface area contributed by atoms with Gasteiger partial charge >= 0.3 is 6.09 Å². The number of benzene rings is 1. The molecule has 0 aliphatic rings. The first-order chi connectivity index (χ1) is 10.5. The first-order valence-electron chi connectivity index (χ1n) is 7.60. The van der Waals surface area contributed by atoms with Crippen LogP contribution in [0.4, 0.5) is 4.79 Å². The molecule has 1 amide bonds. The predicted octanol–water partition coefficient (Wildman–Crippen LogP) is 4.78. The summed E-state index contributed by atoms with van der Waals surface area (Å²) in [6, 6.07) is 5.76. The minimum absolute atomic E-state index is 0.210. The van der Waals surface area contributed by atoms with Crippen molar-refractivity contribution in [2.75, 3.05) is 0 Å². The van der Waals surface area contributed by atoms with E-state index in [0.29, 0.717) is 0 Å². The molecular weight excluding hydrogens is 405 g/mol. The number of hydrogen-bond donors (Lipinski definition) is 2. The van der Waals surface area contributed by atoms with E-state index in [0.717, 1.165) is 20.4 Å². The number of fused-ring (bicyclic) bond motifs is 1. The second-order valence-electron chi connectivity index (χ2n) is 7.73. The molecule has 2 N–H and O–H groups in total. The Morgan fingerprint density at radius 1 is 1.26 bits per heavy atom. The number of carbonyl (C=O) groups excluding carboxylic acids is 1. The predicted molar refractivity (Wildman–Crippen MR) is 100 cm³/mol. The van der Waals surface area contributed by atoms with Gasteiger partial charge in [0.1, 0.15) is 11.4 Å². The van der Waals surface area contributed by atoms with Crippen LogP contribution in [0, 0.1) is 8.99 Å². The second-order valence-corrected chi connectivity index (χ2v) is 8.97. The van der Waals surface area contributed by atoms with Crippen LogP contribution >= 0.6 is 22.6 Å². The monoisotopic (exact) mass is 429 g/mol. The number of nitrogens with one attached hydrogen (secondary N) is 2. The van der Waals surface area contributed by atoms with E-state index in [9.17, 15) is 4.79 Å². The largest absolute Gasteiger partial charge is 0.444 e. The fourth-order valence-electron chi connectivity index (χ4n) is 2.26. The minimum atomic E-state index is -0.531. The SMILES string of the molecule is CC(C)(C)OC(=O)NC(c1nc2ccc(I)cc2[nH]1)C(C)(C)C. The Morgan fingerprint density at radius 3 is 2.48 bits per heavy atom. The Balaban J connectivity index is 2.32. The fourth-order valence-corrected chi connectivity index (χ4v) is 2.75. The molecule has 0 radical (unpaired) electrons. The number of rotatable bonds is 2. The lowest BCUT2D eigenvalue weighted by Crippen LogP contribution is -2.40. The van der Waals surface area contributed by atoms with Gasteiger partial charge in [0.05, 0.1) is 17.1 Å². The van der Waals surface area contributed by atoms with Crippen LogP contribution < -0.4 is 5.32 Å². The molecule has 0 fully saturated rings. The highest BCUT2D eigenvalue weighted by molar-refractivity contribution is 14.1. The highest BCUT2D eigenvalue weighted by Gasteiger charge is 2.32. The van der Waals surface area contributed by atoms with E-state index in [1.807, 2.05) is 39.0 Å². The molecule has 0 bridgehead atoms. The van der Waals surface area contributed by atoms with Gasteiger partial charge in [0.2, 0.25) is 0 Å². The number of aromatic nitrogens is 2. The van der Waals surface area contributed by atoms with E-state index in [1.54, 1.807) is 0 Å². The quantitative estimate of drug-likeness (QED) is 0.676. The molecule has 1 heterocycles. The van der Waals surface area contributed by atoms with E-state index in [2.05, 4.69) is 58.6 Å². The number of halogens is 1. The number of imidazole rings is 1. The molecule has 1 atom stereocenters. The molecule has 2 aromatic rings. The van der Waals surface area contributed by atoms with Crippen LogP contribution in [-0.2, 0) is 4.74 Å². The summed E-state index contributed by atoms with van der Waals surface area (Å²) in [5.74, 6) is 0.736. The zero-order valence-electron chi connectivity index (χ0n) is 14.5. The van der Waals surface area contributed by atoms with Crippen molar-refractivity contribution in [3.63, 3.8) is 0 Å². The topological polar surface area (TPSA) is 67.0 Å². The molecule has 0 aliphatic carbocycles. The van der Waals surface area contributed by atoms with Crippen molar-refractivity contribution in [1.82, 2.24) is 15.3 Å². The van der Waals surface area contributed by atoms with E-state index < -0.39 is 11.7 Å². The summed E-state index contributed by atoms with van der Waals surface area (Å²) in [5.41, 5.74) is 1.11. The molecule has 126 valence electrons. The van der Waals surface area contributed by atoms with Gasteiger partial charge < -0.3 is 15.0 Å². The van der Waals surface area contributed by atoms with Crippen molar-refractivity contribution < 1.29 is 9.53 Å². The summed E-state index contributed by atoms with van der Waals surface area (Å²) in [7, 11) is 0. The van der Waals surface area contributed by atoms with Crippen LogP contribution in [0.5, 0.6) is 0 Å². The third-order valence-corrected chi connectivity index (χ3v) is 3.93. The molecule has 0 saturated carbocycles. The van der Waals surface area contributed by atoms with Gasteiger partial charge in [0.25, 0.3) is 0 Å². The lowest BCUT2D eigenvalue weighted by atomic mass is 9.86. The molecular formula is C17H24IN3O2. The van der Waals surface area contributed by atoms with Gasteiger partial charge in [-0.2, -0.15) is 0 Å². The molecule has 23 heavy (non-hydrogen) atoms. The van der Waals surface area contributed by atoms with E-state index in [1.165, 1.54) is 0 Å². The van der Waals surface area contributed by atoms with Gasteiger partial charge in [0, 0.05) is 3.57 Å². The minimum Gasteiger partial charge on any atom is -0.444 e. The molecule has 1 aromatic carbocycles. The third-order valence-electron chi connectivity index (χ3n) is 3.26. The smallest absolute Gasteiger partial charge is 0.408 e. The third kappa shape index (κ3) is 4.83. The lowest BCUT2D eigenvalue weighted by Gasteiger charge is -2.31. The van der Waals surface area contributed by atoms with E-state index in [4.69, 9.17) is 4.74 Å². The number of hydrogen-bond acceptors (Lipinski definition) is 3. The highest BCUT2D eigenvalue weighted by Crippen LogP contribution is 2.32. The number of aromatic amines is 1. The Morgan fingerprint density at radius 2 is 1.91 bits per heavy atom. The van der Waals surface area contributed by atoms with Crippen molar-refractivity contribution >= 4 is 39.7 Å². The van der Waals surface area contributed by atoms with Crippen LogP contribution in [0.3, 0.4) is 0 Å². The Hall–Kier alpha value is -1.31. The van der Waals surface area contributed by atoms with Gasteiger partial charge in [-0.05, 0) is 67.0 Å². The van der Waals surface area contributed by atoms with Gasteiger partial charge in [-0.3, -0.25) is 0 Å². The number of H-pyrrole nitrogens is 1. The van der Waals surface area contributed by atoms with Crippen LogP contribution in [0.15, 0.2) is 18.2 Å². The molecule has 1 unspecified atom stereocenters. The fraction of sp³-hybridized carbons (Fsp3) is 0.529. The van der Waals surface area contributed by atoms with E-state index >= 15 is 0 Å². The Labute approximate surface area is 150 Å². The lowest BCUT2D eigenvalue weighted by molar-refractivity contribution is 0.0458. The van der Waals surface area contributed by atoms with Crippen molar-refractivity contribution in [3.8, 4) is 0 Å². The molecule has 6 heteroatoms. The molecule has 1 aromatic heterocycles. The zero-order chi connectivity index (χ0) is 17.4. The zero-order valence-corrected chi connectivity index (χ0v) is 16.6. The summed E-state index contributed by atoms with van der Waals surface area (Å²) in [5, 5.41) is 2.95. The summed E-state index contributed by atoms with van der Waals surface area (Å²) < 4.78 is 6.52. The molecule has 5 nitrogen and oxygen atoms in total. The summed E-state index contributed by atoms with van der Waals surface area (Å²) in [6.45, 7) is 11.7. The maximum Gasteiger partial charge on any atom is 0.408 e.